The summed E-state index contributed by atoms with van der Waals surface area (Å²) in [5.41, 5.74) is 0.811. The Bertz CT molecular complexity index is 117. The Morgan fingerprint density at radius 2 is 1.83 bits per heavy atom. The third-order valence-corrected chi connectivity index (χ3v) is 3.94. The van der Waals surface area contributed by atoms with E-state index in [-0.39, 0.29) is 0 Å². The Hall–Kier alpha value is 0.390. The van der Waals surface area contributed by atoms with Gasteiger partial charge in [-0.2, -0.15) is 0 Å². The molecule has 1 aliphatic rings. The van der Waals surface area contributed by atoms with Gasteiger partial charge < -0.3 is 4.90 Å². The van der Waals surface area contributed by atoms with Gasteiger partial charge in [0.1, 0.15) is 0 Å². The molecule has 1 aliphatic heterocycles. The van der Waals surface area contributed by atoms with Gasteiger partial charge in [0.2, 0.25) is 0 Å². The zero-order chi connectivity index (χ0) is 8.97. The molecule has 2 atom stereocenters. The minimum atomic E-state index is 0.811. The van der Waals surface area contributed by atoms with E-state index >= 15 is 0 Å². The zero-order valence-corrected chi connectivity index (χ0v) is 9.58. The molecule has 0 aromatic carbocycles. The lowest BCUT2D eigenvalue weighted by Crippen LogP contribution is -2.24. The van der Waals surface area contributed by atoms with Gasteiger partial charge in [-0.05, 0) is 50.5 Å². The fraction of sp³-hybridized carbons (Fsp3) is 1.00. The van der Waals surface area contributed by atoms with Gasteiger partial charge in [-0.25, -0.2) is 0 Å². The van der Waals surface area contributed by atoms with E-state index in [0.717, 1.165) is 11.6 Å². The fourth-order valence-corrected chi connectivity index (χ4v) is 1.82. The second kappa shape index (κ2) is 5.19. The van der Waals surface area contributed by atoms with Crippen molar-refractivity contribution in [3.63, 3.8) is 0 Å². The van der Waals surface area contributed by atoms with Gasteiger partial charge in [0.15, 0.2) is 0 Å². The number of hydrogen-bond donors (Lipinski definition) is 0. The van der Waals surface area contributed by atoms with Crippen LogP contribution in [-0.4, -0.2) is 30.2 Å². The normalized spacial score (nSPS) is 22.0. The van der Waals surface area contributed by atoms with Crippen LogP contribution in [-0.2, 0) is 0 Å². The molecule has 1 fully saturated rings. The maximum atomic E-state index is 2.97. The summed E-state index contributed by atoms with van der Waals surface area (Å²) in [6, 6.07) is 0. The van der Waals surface area contributed by atoms with E-state index in [9.17, 15) is 0 Å². The summed E-state index contributed by atoms with van der Waals surface area (Å²) in [6.45, 7) is 8.61. The van der Waals surface area contributed by atoms with E-state index in [1.54, 1.807) is 0 Å². The fourth-order valence-electron chi connectivity index (χ4n) is 1.67. The average Bonchev–Trinajstić information content (AvgIpc) is 2.51. The van der Waals surface area contributed by atoms with Crippen LogP contribution < -0.4 is 0 Å². The Labute approximate surface area is 79.1 Å². The Morgan fingerprint density at radius 1 is 1.25 bits per heavy atom. The molecule has 1 nitrogen and oxygen atoms in total. The van der Waals surface area contributed by atoms with Crippen LogP contribution in [0.4, 0.5) is 0 Å². The predicted octanol–water partition coefficient (Wildman–Crippen LogP) is 2.37. The highest BCUT2D eigenvalue weighted by Crippen LogP contribution is 2.17. The van der Waals surface area contributed by atoms with E-state index in [1.165, 1.54) is 38.9 Å². The molecule has 0 amide bonds. The highest BCUT2D eigenvalue weighted by molar-refractivity contribution is 7.17. The first-order chi connectivity index (χ1) is 5.70. The van der Waals surface area contributed by atoms with E-state index in [1.807, 2.05) is 0 Å². The molecule has 12 heavy (non-hydrogen) atoms. The molecule has 0 spiro atoms. The van der Waals surface area contributed by atoms with Crippen molar-refractivity contribution in [2.24, 2.45) is 5.92 Å². The predicted molar refractivity (Wildman–Crippen MR) is 58.6 cm³/mol. The topological polar surface area (TPSA) is 3.24 Å². The van der Waals surface area contributed by atoms with Gasteiger partial charge in [0, 0.05) is 0 Å². The molecule has 0 bridgehead atoms. The highest BCUT2D eigenvalue weighted by atomic mass is 31.0. The summed E-state index contributed by atoms with van der Waals surface area (Å²) < 4.78 is 0. The van der Waals surface area contributed by atoms with Gasteiger partial charge >= 0.3 is 0 Å². The van der Waals surface area contributed by atoms with Gasteiger partial charge in [0.25, 0.3) is 0 Å². The largest absolute Gasteiger partial charge is 0.303 e. The molecule has 2 unspecified atom stereocenters. The second-order valence-electron chi connectivity index (χ2n) is 4.25. The lowest BCUT2D eigenvalue weighted by molar-refractivity contribution is 0.324. The van der Waals surface area contributed by atoms with Crippen LogP contribution in [0.25, 0.3) is 0 Å². The van der Waals surface area contributed by atoms with Crippen LogP contribution in [0, 0.1) is 5.92 Å². The van der Waals surface area contributed by atoms with Gasteiger partial charge in [-0.15, -0.1) is 9.24 Å². The smallest absolute Gasteiger partial charge is 0.00128 e. The SMILES string of the molecule is CC(C)C(P)CCN1CCCC1. The average molecular weight is 187 g/mol. The molecule has 2 heteroatoms. The molecular formula is C10H22NP. The number of nitrogens with zero attached hydrogens (tertiary/aromatic N) is 1. The quantitative estimate of drug-likeness (QED) is 0.611. The van der Waals surface area contributed by atoms with Crippen LogP contribution in [0.3, 0.4) is 0 Å². The van der Waals surface area contributed by atoms with Crippen molar-refractivity contribution in [1.29, 1.82) is 0 Å². The molecule has 0 aromatic rings. The standard InChI is InChI=1S/C10H22NP/c1-9(2)10(12)5-8-11-6-3-4-7-11/h9-10H,3-8,12H2,1-2H3. The molecule has 0 radical (unpaired) electrons. The summed E-state index contributed by atoms with van der Waals surface area (Å²) >= 11 is 0. The van der Waals surface area contributed by atoms with Crippen LogP contribution in [0.5, 0.6) is 0 Å². The second-order valence-corrected chi connectivity index (χ2v) is 5.10. The molecule has 1 saturated heterocycles. The van der Waals surface area contributed by atoms with Crippen LogP contribution >= 0.6 is 9.24 Å². The third kappa shape index (κ3) is 3.41. The molecule has 0 N–H and O–H groups in total. The van der Waals surface area contributed by atoms with Crippen molar-refractivity contribution < 1.29 is 0 Å². The lowest BCUT2D eigenvalue weighted by Gasteiger charge is -2.20. The number of rotatable bonds is 4. The van der Waals surface area contributed by atoms with Gasteiger partial charge in [-0.1, -0.05) is 13.8 Å². The molecule has 0 aliphatic carbocycles. The molecule has 72 valence electrons. The van der Waals surface area contributed by atoms with Crippen LogP contribution in [0.15, 0.2) is 0 Å². The van der Waals surface area contributed by atoms with E-state index < -0.39 is 0 Å². The molecular weight excluding hydrogens is 165 g/mol. The Balaban J connectivity index is 2.07. The van der Waals surface area contributed by atoms with E-state index in [0.29, 0.717) is 0 Å². The van der Waals surface area contributed by atoms with Crippen molar-refractivity contribution in [3.8, 4) is 0 Å². The number of hydrogen-bond acceptors (Lipinski definition) is 1. The monoisotopic (exact) mass is 187 g/mol. The van der Waals surface area contributed by atoms with Crippen molar-refractivity contribution in [1.82, 2.24) is 4.90 Å². The molecule has 0 saturated carbocycles. The first-order valence-electron chi connectivity index (χ1n) is 5.18. The summed E-state index contributed by atoms with van der Waals surface area (Å²) in [4.78, 5) is 2.60. The third-order valence-electron chi connectivity index (χ3n) is 2.83. The first kappa shape index (κ1) is 10.5. The van der Waals surface area contributed by atoms with Crippen LogP contribution in [0.2, 0.25) is 0 Å². The lowest BCUT2D eigenvalue weighted by atomic mass is 10.1. The van der Waals surface area contributed by atoms with E-state index in [2.05, 4.69) is 28.0 Å². The van der Waals surface area contributed by atoms with Crippen molar-refractivity contribution in [2.75, 3.05) is 19.6 Å². The molecule has 1 heterocycles. The minimum absolute atomic E-state index is 0.811. The highest BCUT2D eigenvalue weighted by Gasteiger charge is 2.13. The first-order valence-corrected chi connectivity index (χ1v) is 5.84. The molecule has 1 rings (SSSR count). The Morgan fingerprint density at radius 3 is 2.33 bits per heavy atom. The molecule has 0 aromatic heterocycles. The van der Waals surface area contributed by atoms with Crippen molar-refractivity contribution >= 4 is 9.24 Å². The van der Waals surface area contributed by atoms with E-state index in [4.69, 9.17) is 0 Å². The van der Waals surface area contributed by atoms with Crippen molar-refractivity contribution in [3.05, 3.63) is 0 Å². The summed E-state index contributed by atoms with van der Waals surface area (Å²) in [6.07, 6.45) is 4.19. The van der Waals surface area contributed by atoms with Crippen molar-refractivity contribution in [2.45, 2.75) is 38.8 Å². The summed E-state index contributed by atoms with van der Waals surface area (Å²) in [5, 5.41) is 0. The summed E-state index contributed by atoms with van der Waals surface area (Å²) in [7, 11) is 2.97. The Kier molecular flexibility index (Phi) is 4.53. The zero-order valence-electron chi connectivity index (χ0n) is 8.42. The van der Waals surface area contributed by atoms with Gasteiger partial charge in [0.05, 0.1) is 0 Å². The maximum Gasteiger partial charge on any atom is -0.00128 e. The van der Waals surface area contributed by atoms with Gasteiger partial charge in [-0.3, -0.25) is 0 Å². The minimum Gasteiger partial charge on any atom is -0.303 e. The van der Waals surface area contributed by atoms with Crippen LogP contribution in [0.1, 0.15) is 33.1 Å². The maximum absolute atomic E-state index is 2.97. The number of likely N-dealkylation sites (tertiary alicyclic amines) is 1. The summed E-state index contributed by atoms with van der Waals surface area (Å²) in [5.74, 6) is 0.817.